The molecule has 1 unspecified atom stereocenters. The maximum atomic E-state index is 14.6. The predicted octanol–water partition coefficient (Wildman–Crippen LogP) is 5.05. The lowest BCUT2D eigenvalue weighted by molar-refractivity contribution is -0.137. The van der Waals surface area contributed by atoms with Crippen molar-refractivity contribution in [1.29, 1.82) is 0 Å². The molecule has 2 N–H and O–H groups in total. The number of fused-ring (bicyclic) bond motifs is 2. The van der Waals surface area contributed by atoms with Crippen LogP contribution in [0.5, 0.6) is 0 Å². The number of nitrogens with zero attached hydrogens (tertiary/aromatic N) is 3. The van der Waals surface area contributed by atoms with Gasteiger partial charge in [0.2, 0.25) is 17.7 Å². The molecule has 10 heteroatoms. The third-order valence-corrected chi connectivity index (χ3v) is 9.13. The highest BCUT2D eigenvalue weighted by molar-refractivity contribution is 6.06. The van der Waals surface area contributed by atoms with Crippen molar-refractivity contribution >= 4 is 45.9 Å². The summed E-state index contributed by atoms with van der Waals surface area (Å²) in [6.07, 6.45) is 4.40. The van der Waals surface area contributed by atoms with Gasteiger partial charge in [0.15, 0.2) is 0 Å². The zero-order chi connectivity index (χ0) is 31.1. The average molecular weight is 606 g/mol. The van der Waals surface area contributed by atoms with Crippen LogP contribution in [0.2, 0.25) is 0 Å². The Labute approximate surface area is 259 Å². The molecule has 0 saturated carbocycles. The molecule has 0 spiro atoms. The van der Waals surface area contributed by atoms with E-state index < -0.39 is 11.9 Å². The fourth-order valence-corrected chi connectivity index (χ4v) is 6.76. The van der Waals surface area contributed by atoms with Crippen molar-refractivity contribution < 1.29 is 23.6 Å². The van der Waals surface area contributed by atoms with Crippen molar-refractivity contribution in [3.63, 3.8) is 0 Å². The zero-order valence-electron chi connectivity index (χ0n) is 24.6. The summed E-state index contributed by atoms with van der Waals surface area (Å²) in [7, 11) is 0. The van der Waals surface area contributed by atoms with E-state index in [1.165, 1.54) is 11.0 Å². The van der Waals surface area contributed by atoms with Crippen LogP contribution in [0.25, 0.3) is 21.9 Å². The van der Waals surface area contributed by atoms with Crippen molar-refractivity contribution in [3.05, 3.63) is 89.9 Å². The number of hydrogen-bond donors (Lipinski definition) is 2. The highest BCUT2D eigenvalue weighted by Gasteiger charge is 2.39. The van der Waals surface area contributed by atoms with Crippen LogP contribution in [0.3, 0.4) is 0 Å². The van der Waals surface area contributed by atoms with Gasteiger partial charge in [0.05, 0.1) is 0 Å². The standard InChI is InChI=1S/C35H32FN5O4/c36-28-6-2-4-22-3-1-5-26(33(22)28)23-7-11-30(37-19-23)40-15-13-21(14-16-40)17-32(43)38-25-8-9-27-24(18-25)20-41(35(27)45)29-10-12-31(42)39-34(29)44/h1-9,11,18-19,21,29H,10,12-17,20H2,(H,38,43)(H,39,42,44). The summed E-state index contributed by atoms with van der Waals surface area (Å²) in [6, 6.07) is 19.3. The van der Waals surface area contributed by atoms with Crippen LogP contribution in [-0.2, 0) is 20.9 Å². The summed E-state index contributed by atoms with van der Waals surface area (Å²) in [5, 5.41) is 6.73. The molecular weight excluding hydrogens is 573 g/mol. The van der Waals surface area contributed by atoms with Crippen molar-refractivity contribution in [1.82, 2.24) is 15.2 Å². The number of anilines is 2. The molecular formula is C35H32FN5O4. The fraction of sp³-hybridized carbons (Fsp3) is 0.286. The first-order chi connectivity index (χ1) is 21.8. The topological polar surface area (TPSA) is 112 Å². The first-order valence-electron chi connectivity index (χ1n) is 15.3. The lowest BCUT2D eigenvalue weighted by Crippen LogP contribution is -2.52. The summed E-state index contributed by atoms with van der Waals surface area (Å²) in [5.74, 6) is -0.240. The van der Waals surface area contributed by atoms with Gasteiger partial charge in [-0.25, -0.2) is 9.37 Å². The van der Waals surface area contributed by atoms with Gasteiger partial charge in [-0.3, -0.25) is 24.5 Å². The summed E-state index contributed by atoms with van der Waals surface area (Å²) in [6.45, 7) is 1.82. The van der Waals surface area contributed by atoms with E-state index in [1.807, 2.05) is 36.4 Å². The normalized spacial score (nSPS) is 18.7. The molecule has 1 atom stereocenters. The first-order valence-corrected chi connectivity index (χ1v) is 15.3. The minimum atomic E-state index is -0.673. The number of aromatic nitrogens is 1. The van der Waals surface area contributed by atoms with Crippen molar-refractivity contribution in [2.45, 2.75) is 44.7 Å². The quantitative estimate of drug-likeness (QED) is 0.298. The fourth-order valence-electron chi connectivity index (χ4n) is 6.76. The molecule has 1 aromatic heterocycles. The van der Waals surface area contributed by atoms with Crippen molar-refractivity contribution in [3.8, 4) is 11.1 Å². The number of benzene rings is 3. The lowest BCUT2D eigenvalue weighted by Gasteiger charge is -2.32. The minimum absolute atomic E-state index is 0.0791. The number of amides is 4. The number of carbonyl (C=O) groups excluding carboxylic acids is 4. The van der Waals surface area contributed by atoms with Crippen molar-refractivity contribution in [2.24, 2.45) is 5.92 Å². The summed E-state index contributed by atoms with van der Waals surface area (Å²) < 4.78 is 14.6. The monoisotopic (exact) mass is 605 g/mol. The Morgan fingerprint density at radius 3 is 2.51 bits per heavy atom. The molecule has 0 bridgehead atoms. The van der Waals surface area contributed by atoms with Crippen LogP contribution in [0, 0.1) is 11.7 Å². The zero-order valence-corrected chi connectivity index (χ0v) is 24.6. The number of halogens is 1. The van der Waals surface area contributed by atoms with Gasteiger partial charge in [0, 0.05) is 60.9 Å². The number of carbonyl (C=O) groups is 4. The van der Waals surface area contributed by atoms with Crippen LogP contribution in [0.15, 0.2) is 72.9 Å². The van der Waals surface area contributed by atoms with Crippen molar-refractivity contribution in [2.75, 3.05) is 23.3 Å². The predicted molar refractivity (Wildman–Crippen MR) is 168 cm³/mol. The molecule has 2 fully saturated rings. The Hall–Kier alpha value is -5.12. The van der Waals surface area contributed by atoms with Gasteiger partial charge in [0.25, 0.3) is 5.91 Å². The van der Waals surface area contributed by atoms with Crippen LogP contribution in [0.1, 0.15) is 48.0 Å². The number of hydrogen-bond acceptors (Lipinski definition) is 6. The molecule has 3 aromatic carbocycles. The average Bonchev–Trinajstić information content (AvgIpc) is 3.36. The van der Waals surface area contributed by atoms with Gasteiger partial charge in [-0.15, -0.1) is 0 Å². The van der Waals surface area contributed by atoms with E-state index in [0.29, 0.717) is 29.5 Å². The highest BCUT2D eigenvalue weighted by Crippen LogP contribution is 2.33. The Morgan fingerprint density at radius 2 is 1.76 bits per heavy atom. The smallest absolute Gasteiger partial charge is 0.255 e. The third kappa shape index (κ3) is 5.63. The van der Waals surface area contributed by atoms with E-state index in [-0.39, 0.29) is 42.4 Å². The van der Waals surface area contributed by atoms with Gasteiger partial charge in [-0.2, -0.15) is 0 Å². The second kappa shape index (κ2) is 11.8. The highest BCUT2D eigenvalue weighted by atomic mass is 19.1. The van der Waals surface area contributed by atoms with Gasteiger partial charge >= 0.3 is 0 Å². The number of nitrogens with one attached hydrogen (secondary N) is 2. The summed E-state index contributed by atoms with van der Waals surface area (Å²) in [4.78, 5) is 58.1. The van der Waals surface area contributed by atoms with Gasteiger partial charge in [0.1, 0.15) is 17.7 Å². The van der Waals surface area contributed by atoms with Crippen LogP contribution in [-0.4, -0.2) is 52.6 Å². The molecule has 9 nitrogen and oxygen atoms in total. The van der Waals surface area contributed by atoms with Crippen LogP contribution < -0.4 is 15.5 Å². The maximum absolute atomic E-state index is 14.6. The first kappa shape index (κ1) is 28.6. The molecule has 0 radical (unpaired) electrons. The molecule has 4 aromatic rings. The van der Waals surface area contributed by atoms with Gasteiger partial charge < -0.3 is 15.1 Å². The summed E-state index contributed by atoms with van der Waals surface area (Å²) >= 11 is 0. The van der Waals surface area contributed by atoms with E-state index >= 15 is 0 Å². The number of piperidine rings is 2. The Balaban J connectivity index is 0.929. The summed E-state index contributed by atoms with van der Waals surface area (Å²) in [5.41, 5.74) is 3.55. The number of imide groups is 1. The molecule has 228 valence electrons. The molecule has 2 saturated heterocycles. The SMILES string of the molecule is O=C1CCC(N2Cc3cc(NC(=O)CC4CCN(c5ccc(-c6cccc7cccc(F)c67)cn5)CC4)ccc3C2=O)C(=O)N1. The second-order valence-electron chi connectivity index (χ2n) is 12.0. The Bertz CT molecular complexity index is 1830. The third-order valence-electron chi connectivity index (χ3n) is 9.13. The molecule has 3 aliphatic heterocycles. The van der Waals surface area contributed by atoms with E-state index in [0.717, 1.165) is 53.8 Å². The van der Waals surface area contributed by atoms with E-state index in [1.54, 1.807) is 30.5 Å². The van der Waals surface area contributed by atoms with E-state index in [4.69, 9.17) is 4.98 Å². The molecule has 7 rings (SSSR count). The Kier molecular flexibility index (Phi) is 7.48. The molecule has 0 aliphatic carbocycles. The van der Waals surface area contributed by atoms with Crippen LogP contribution in [0.4, 0.5) is 15.9 Å². The van der Waals surface area contributed by atoms with E-state index in [9.17, 15) is 23.6 Å². The molecule has 3 aliphatic rings. The maximum Gasteiger partial charge on any atom is 0.255 e. The van der Waals surface area contributed by atoms with E-state index in [2.05, 4.69) is 15.5 Å². The number of rotatable bonds is 6. The lowest BCUT2D eigenvalue weighted by atomic mass is 9.93. The molecule has 45 heavy (non-hydrogen) atoms. The number of pyridine rings is 1. The minimum Gasteiger partial charge on any atom is -0.357 e. The van der Waals surface area contributed by atoms with Gasteiger partial charge in [-0.1, -0.05) is 30.3 Å². The largest absolute Gasteiger partial charge is 0.357 e. The van der Waals surface area contributed by atoms with Crippen LogP contribution >= 0.6 is 0 Å². The Morgan fingerprint density at radius 1 is 0.956 bits per heavy atom. The molecule has 4 amide bonds. The second-order valence-corrected chi connectivity index (χ2v) is 12.0. The molecule has 4 heterocycles. The van der Waals surface area contributed by atoms with Gasteiger partial charge in [-0.05, 0) is 78.1 Å².